The molecule has 0 atom stereocenters. The van der Waals surface area contributed by atoms with Crippen molar-refractivity contribution in [2.24, 2.45) is 0 Å². The number of benzene rings is 3. The summed E-state index contributed by atoms with van der Waals surface area (Å²) < 4.78 is 38.3. The lowest BCUT2D eigenvalue weighted by Gasteiger charge is -2.09. The Hall–Kier alpha value is -3.65. The first-order valence-corrected chi connectivity index (χ1v) is 10.6. The van der Waals surface area contributed by atoms with Crippen LogP contribution in [0.5, 0.6) is 0 Å². The average molecular weight is 422 g/mol. The number of anilines is 1. The van der Waals surface area contributed by atoms with Crippen LogP contribution in [0, 0.1) is 6.92 Å². The molecule has 1 aromatic heterocycles. The summed E-state index contributed by atoms with van der Waals surface area (Å²) in [4.78, 5) is 16.5. The van der Waals surface area contributed by atoms with E-state index in [1.54, 1.807) is 24.3 Å². The Morgan fingerprint density at radius 3 is 2.40 bits per heavy atom. The number of ether oxygens (including phenoxy) is 1. The number of para-hydroxylation sites is 2. The Bertz CT molecular complexity index is 1260. The third-order valence-electron chi connectivity index (χ3n) is 4.37. The van der Waals surface area contributed by atoms with Crippen LogP contribution in [-0.2, 0) is 21.4 Å². The number of esters is 1. The van der Waals surface area contributed by atoms with Gasteiger partial charge in [0.2, 0.25) is 5.89 Å². The standard InChI is InChI=1S/C22H18N2O5S/c1-15-6-10-17(11-7-15)24-30(26,27)18-12-8-16(9-13-18)22(25)28-14-21-23-19-4-2-3-5-20(19)29-21/h2-13,24H,14H2,1H3. The van der Waals surface area contributed by atoms with Crippen LogP contribution in [-0.4, -0.2) is 19.4 Å². The maximum Gasteiger partial charge on any atom is 0.338 e. The van der Waals surface area contributed by atoms with E-state index < -0.39 is 16.0 Å². The van der Waals surface area contributed by atoms with Gasteiger partial charge in [-0.15, -0.1) is 0 Å². The van der Waals surface area contributed by atoms with Gasteiger partial charge in [0.1, 0.15) is 5.52 Å². The molecule has 0 fully saturated rings. The van der Waals surface area contributed by atoms with Crippen LogP contribution in [0.4, 0.5) is 5.69 Å². The van der Waals surface area contributed by atoms with Gasteiger partial charge in [0.05, 0.1) is 10.5 Å². The number of hydrogen-bond acceptors (Lipinski definition) is 6. The van der Waals surface area contributed by atoms with Gasteiger partial charge in [-0.3, -0.25) is 4.72 Å². The lowest BCUT2D eigenvalue weighted by atomic mass is 10.2. The van der Waals surface area contributed by atoms with Crippen molar-refractivity contribution in [3.63, 3.8) is 0 Å². The predicted molar refractivity (Wildman–Crippen MR) is 112 cm³/mol. The highest BCUT2D eigenvalue weighted by Gasteiger charge is 2.16. The molecule has 152 valence electrons. The third-order valence-corrected chi connectivity index (χ3v) is 5.77. The zero-order valence-corrected chi connectivity index (χ0v) is 16.8. The number of sulfonamides is 1. The maximum atomic E-state index is 12.5. The lowest BCUT2D eigenvalue weighted by molar-refractivity contribution is 0.0440. The molecule has 1 N–H and O–H groups in total. The first-order valence-electron chi connectivity index (χ1n) is 9.12. The lowest BCUT2D eigenvalue weighted by Crippen LogP contribution is -2.13. The van der Waals surface area contributed by atoms with Gasteiger partial charge in [0.25, 0.3) is 10.0 Å². The normalized spacial score (nSPS) is 11.4. The van der Waals surface area contributed by atoms with Gasteiger partial charge in [-0.05, 0) is 55.5 Å². The summed E-state index contributed by atoms with van der Waals surface area (Å²) in [5.41, 5.74) is 3.00. The number of carbonyl (C=O) groups excluding carboxylic acids is 1. The third kappa shape index (κ3) is 4.33. The molecule has 7 nitrogen and oxygen atoms in total. The van der Waals surface area contributed by atoms with Crippen molar-refractivity contribution in [2.45, 2.75) is 18.4 Å². The van der Waals surface area contributed by atoms with Crippen molar-refractivity contribution in [1.82, 2.24) is 4.98 Å². The summed E-state index contributed by atoms with van der Waals surface area (Å²) in [7, 11) is -3.77. The Morgan fingerprint density at radius 2 is 1.70 bits per heavy atom. The number of aromatic nitrogens is 1. The minimum Gasteiger partial charge on any atom is -0.452 e. The SMILES string of the molecule is Cc1ccc(NS(=O)(=O)c2ccc(C(=O)OCc3nc4ccccc4o3)cc2)cc1. The molecule has 0 radical (unpaired) electrons. The molecule has 8 heteroatoms. The monoisotopic (exact) mass is 422 g/mol. The number of hydrogen-bond donors (Lipinski definition) is 1. The minimum atomic E-state index is -3.77. The van der Waals surface area contributed by atoms with E-state index in [2.05, 4.69) is 9.71 Å². The average Bonchev–Trinajstić information content (AvgIpc) is 3.17. The summed E-state index contributed by atoms with van der Waals surface area (Å²) in [5, 5.41) is 0. The molecule has 0 aliphatic rings. The highest BCUT2D eigenvalue weighted by molar-refractivity contribution is 7.92. The smallest absolute Gasteiger partial charge is 0.338 e. The summed E-state index contributed by atoms with van der Waals surface area (Å²) in [5.74, 6) is -0.321. The highest BCUT2D eigenvalue weighted by Crippen LogP contribution is 2.19. The van der Waals surface area contributed by atoms with Crippen molar-refractivity contribution in [2.75, 3.05) is 4.72 Å². The Labute approximate surface area is 173 Å². The number of oxazole rings is 1. The van der Waals surface area contributed by atoms with Crippen LogP contribution in [0.1, 0.15) is 21.8 Å². The van der Waals surface area contributed by atoms with Crippen LogP contribution in [0.25, 0.3) is 11.1 Å². The number of aryl methyl sites for hydroxylation is 1. The van der Waals surface area contributed by atoms with Gasteiger partial charge in [-0.1, -0.05) is 29.8 Å². The first kappa shape index (κ1) is 19.7. The molecule has 0 aliphatic heterocycles. The molecule has 1 heterocycles. The van der Waals surface area contributed by atoms with Gasteiger partial charge >= 0.3 is 5.97 Å². The van der Waals surface area contributed by atoms with Crippen molar-refractivity contribution < 1.29 is 22.4 Å². The fraction of sp³-hybridized carbons (Fsp3) is 0.0909. The molecular formula is C22H18N2O5S. The molecule has 4 rings (SSSR count). The van der Waals surface area contributed by atoms with Gasteiger partial charge in [-0.2, -0.15) is 0 Å². The number of rotatable bonds is 6. The Kier molecular flexibility index (Phi) is 5.24. The molecule has 0 saturated carbocycles. The van der Waals surface area contributed by atoms with E-state index in [1.807, 2.05) is 31.2 Å². The number of nitrogens with one attached hydrogen (secondary N) is 1. The van der Waals surface area contributed by atoms with Crippen molar-refractivity contribution in [1.29, 1.82) is 0 Å². The number of carbonyl (C=O) groups is 1. The molecule has 0 aliphatic carbocycles. The van der Waals surface area contributed by atoms with Crippen molar-refractivity contribution >= 4 is 32.8 Å². The van der Waals surface area contributed by atoms with E-state index in [4.69, 9.17) is 9.15 Å². The first-order chi connectivity index (χ1) is 14.4. The van der Waals surface area contributed by atoms with Gasteiger partial charge in [0.15, 0.2) is 12.2 Å². The predicted octanol–water partition coefficient (Wildman–Crippen LogP) is 4.29. The quantitative estimate of drug-likeness (QED) is 0.465. The van der Waals surface area contributed by atoms with Gasteiger partial charge in [-0.25, -0.2) is 18.2 Å². The van der Waals surface area contributed by atoms with Crippen LogP contribution in [0.3, 0.4) is 0 Å². The van der Waals surface area contributed by atoms with E-state index in [0.29, 0.717) is 16.8 Å². The topological polar surface area (TPSA) is 98.5 Å². The summed E-state index contributed by atoms with van der Waals surface area (Å²) in [6.07, 6.45) is 0. The van der Waals surface area contributed by atoms with E-state index in [1.165, 1.54) is 24.3 Å². The molecule has 0 spiro atoms. The van der Waals surface area contributed by atoms with Crippen molar-refractivity contribution in [3.8, 4) is 0 Å². The second-order valence-electron chi connectivity index (χ2n) is 6.65. The van der Waals surface area contributed by atoms with Crippen LogP contribution < -0.4 is 4.72 Å². The van der Waals surface area contributed by atoms with Gasteiger partial charge < -0.3 is 9.15 Å². The Morgan fingerprint density at radius 1 is 1.00 bits per heavy atom. The number of fused-ring (bicyclic) bond motifs is 1. The van der Waals surface area contributed by atoms with Crippen LogP contribution in [0.2, 0.25) is 0 Å². The fourth-order valence-corrected chi connectivity index (χ4v) is 3.86. The summed E-state index contributed by atoms with van der Waals surface area (Å²) in [6.45, 7) is 1.79. The van der Waals surface area contributed by atoms with Crippen LogP contribution in [0.15, 0.2) is 82.1 Å². The molecule has 3 aromatic carbocycles. The van der Waals surface area contributed by atoms with E-state index in [-0.39, 0.29) is 23.0 Å². The second kappa shape index (κ2) is 8.00. The molecule has 4 aromatic rings. The molecule has 30 heavy (non-hydrogen) atoms. The zero-order valence-electron chi connectivity index (χ0n) is 16.0. The van der Waals surface area contributed by atoms with Crippen LogP contribution >= 0.6 is 0 Å². The minimum absolute atomic E-state index is 0.0403. The molecule has 0 saturated heterocycles. The number of nitrogens with zero attached hydrogens (tertiary/aromatic N) is 1. The van der Waals surface area contributed by atoms with E-state index in [9.17, 15) is 13.2 Å². The van der Waals surface area contributed by atoms with Crippen molar-refractivity contribution in [3.05, 3.63) is 89.8 Å². The maximum absolute atomic E-state index is 12.5. The molecule has 0 bridgehead atoms. The fourth-order valence-electron chi connectivity index (χ4n) is 2.80. The molecule has 0 amide bonds. The highest BCUT2D eigenvalue weighted by atomic mass is 32.2. The Balaban J connectivity index is 1.41. The van der Waals surface area contributed by atoms with E-state index >= 15 is 0 Å². The molecule has 0 unspecified atom stereocenters. The summed E-state index contributed by atoms with van der Waals surface area (Å²) >= 11 is 0. The second-order valence-corrected chi connectivity index (χ2v) is 8.33. The molecular weight excluding hydrogens is 404 g/mol. The summed E-state index contributed by atoms with van der Waals surface area (Å²) in [6, 6.07) is 19.7. The zero-order chi connectivity index (χ0) is 21.1. The van der Waals surface area contributed by atoms with Gasteiger partial charge in [0, 0.05) is 5.69 Å². The largest absolute Gasteiger partial charge is 0.452 e. The van der Waals surface area contributed by atoms with E-state index in [0.717, 1.165) is 5.56 Å².